The standard InChI is InChI=1S/C21H19N3O3/c1-14-20(21(26)17-5-3-2-4-6-17)23-18(22-14)13-16-9-7-15(8-10-16)11-12-19(25)24-27/h2-12,27H,13H2,1H3,(H,22,23)(H,24,25)/p+1/b12-11+. The van der Waals surface area contributed by atoms with Crippen molar-refractivity contribution in [3.8, 4) is 0 Å². The van der Waals surface area contributed by atoms with Gasteiger partial charge in [0, 0.05) is 17.7 Å². The number of aromatic amines is 1. The van der Waals surface area contributed by atoms with Gasteiger partial charge in [-0.15, -0.1) is 0 Å². The number of nitrogens with zero attached hydrogens (tertiary/aromatic N) is 1. The van der Waals surface area contributed by atoms with Crippen molar-refractivity contribution < 1.29 is 20.3 Å². The maximum absolute atomic E-state index is 12.6. The maximum Gasteiger partial charge on any atom is 0.405 e. The van der Waals surface area contributed by atoms with Crippen LogP contribution >= 0.6 is 0 Å². The zero-order chi connectivity index (χ0) is 19.2. The van der Waals surface area contributed by atoms with Gasteiger partial charge in [0.2, 0.25) is 5.78 Å². The average Bonchev–Trinajstić information content (AvgIpc) is 3.07. The van der Waals surface area contributed by atoms with Crippen LogP contribution in [-0.4, -0.2) is 32.0 Å². The van der Waals surface area contributed by atoms with E-state index in [1.165, 1.54) is 6.08 Å². The Morgan fingerprint density at radius 2 is 1.85 bits per heavy atom. The van der Waals surface area contributed by atoms with E-state index in [1.807, 2.05) is 49.4 Å². The predicted molar refractivity (Wildman–Crippen MR) is 102 cm³/mol. The Kier molecular flexibility index (Phi) is 5.47. The molecule has 1 aromatic heterocycles. The van der Waals surface area contributed by atoms with Gasteiger partial charge < -0.3 is 10.1 Å². The van der Waals surface area contributed by atoms with Gasteiger partial charge in [-0.05, 0) is 29.3 Å². The molecule has 0 bridgehead atoms. The van der Waals surface area contributed by atoms with E-state index in [1.54, 1.807) is 23.4 Å². The number of carbonyl (C=O) groups is 1. The van der Waals surface area contributed by atoms with Gasteiger partial charge in [0.15, 0.2) is 0 Å². The number of benzene rings is 2. The van der Waals surface area contributed by atoms with Gasteiger partial charge in [-0.3, -0.25) is 10.0 Å². The Hall–Kier alpha value is -3.67. The minimum atomic E-state index is -0.333. The number of carbonyl (C=O) groups excluding carboxylic acids is 1. The molecule has 0 amide bonds. The van der Waals surface area contributed by atoms with Gasteiger partial charge in [0.25, 0.3) is 0 Å². The SMILES string of the molecule is Cc1[nH]c(Cc2ccc(/C=C/C(O)=[NH+]/O)cc2)nc1C(=O)c1ccccc1. The quantitative estimate of drug-likeness (QED) is 0.177. The summed E-state index contributed by atoms with van der Waals surface area (Å²) in [6.45, 7) is 1.85. The number of nitrogens with one attached hydrogen (secondary N) is 2. The van der Waals surface area contributed by atoms with Gasteiger partial charge in [0.05, 0.1) is 6.08 Å². The minimum absolute atomic E-state index is 0.0929. The number of rotatable bonds is 6. The highest BCUT2D eigenvalue weighted by atomic mass is 16.5. The molecule has 0 saturated carbocycles. The lowest BCUT2D eigenvalue weighted by Crippen LogP contribution is -2.68. The number of aromatic nitrogens is 2. The van der Waals surface area contributed by atoms with Gasteiger partial charge in [0.1, 0.15) is 11.5 Å². The third-order valence-corrected chi connectivity index (χ3v) is 4.08. The van der Waals surface area contributed by atoms with Crippen molar-refractivity contribution in [1.29, 1.82) is 0 Å². The van der Waals surface area contributed by atoms with Crippen LogP contribution in [0.25, 0.3) is 6.08 Å². The normalized spacial score (nSPS) is 11.8. The molecule has 2 aromatic carbocycles. The molecule has 3 rings (SSSR count). The first-order valence-electron chi connectivity index (χ1n) is 8.45. The smallest absolute Gasteiger partial charge is 0.405 e. The van der Waals surface area contributed by atoms with Gasteiger partial charge in [-0.25, -0.2) is 4.98 Å². The molecule has 0 aliphatic rings. The first kappa shape index (κ1) is 18.1. The van der Waals surface area contributed by atoms with Crippen molar-refractivity contribution in [3.63, 3.8) is 0 Å². The van der Waals surface area contributed by atoms with Crippen molar-refractivity contribution in [3.05, 3.63) is 94.6 Å². The molecule has 27 heavy (non-hydrogen) atoms. The third-order valence-electron chi connectivity index (χ3n) is 4.08. The molecule has 3 aromatic rings. The van der Waals surface area contributed by atoms with Crippen LogP contribution in [0, 0.1) is 6.92 Å². The Bertz CT molecular complexity index is 987. The average molecular weight is 362 g/mol. The number of hydrogen-bond acceptors (Lipinski definition) is 3. The fourth-order valence-electron chi connectivity index (χ4n) is 2.71. The van der Waals surface area contributed by atoms with E-state index < -0.39 is 0 Å². The summed E-state index contributed by atoms with van der Waals surface area (Å²) in [6, 6.07) is 16.8. The molecular weight excluding hydrogens is 342 g/mol. The first-order valence-corrected chi connectivity index (χ1v) is 8.45. The Labute approximate surface area is 156 Å². The zero-order valence-electron chi connectivity index (χ0n) is 14.8. The largest absolute Gasteiger partial charge is 0.457 e. The lowest BCUT2D eigenvalue weighted by Gasteiger charge is -2.00. The molecule has 136 valence electrons. The molecule has 0 radical (unpaired) electrons. The van der Waals surface area contributed by atoms with E-state index in [9.17, 15) is 4.79 Å². The third kappa shape index (κ3) is 4.49. The van der Waals surface area contributed by atoms with Crippen molar-refractivity contribution >= 4 is 17.8 Å². The van der Waals surface area contributed by atoms with E-state index >= 15 is 0 Å². The van der Waals surface area contributed by atoms with Gasteiger partial charge >= 0.3 is 5.90 Å². The highest BCUT2D eigenvalue weighted by Crippen LogP contribution is 2.15. The number of ketones is 1. The summed E-state index contributed by atoms with van der Waals surface area (Å²) in [4.78, 5) is 20.3. The van der Waals surface area contributed by atoms with Crippen LogP contribution in [0.5, 0.6) is 0 Å². The van der Waals surface area contributed by atoms with Crippen LogP contribution in [0.3, 0.4) is 0 Å². The van der Waals surface area contributed by atoms with Gasteiger partial charge in [-0.2, -0.15) is 0 Å². The highest BCUT2D eigenvalue weighted by molar-refractivity contribution is 6.08. The van der Waals surface area contributed by atoms with Crippen LogP contribution in [0.2, 0.25) is 0 Å². The van der Waals surface area contributed by atoms with E-state index in [-0.39, 0.29) is 11.7 Å². The maximum atomic E-state index is 12.6. The lowest BCUT2D eigenvalue weighted by atomic mass is 10.1. The highest BCUT2D eigenvalue weighted by Gasteiger charge is 2.16. The van der Waals surface area contributed by atoms with Crippen LogP contribution in [0.4, 0.5) is 0 Å². The second kappa shape index (κ2) is 8.14. The molecule has 0 fully saturated rings. The minimum Gasteiger partial charge on any atom is -0.457 e. The molecule has 6 heteroatoms. The Morgan fingerprint density at radius 1 is 1.15 bits per heavy atom. The lowest BCUT2D eigenvalue weighted by molar-refractivity contribution is -0.741. The molecule has 0 aliphatic carbocycles. The molecule has 6 nitrogen and oxygen atoms in total. The fourth-order valence-corrected chi connectivity index (χ4v) is 2.71. The fraction of sp³-hybridized carbons (Fsp3) is 0.0952. The second-order valence-corrected chi connectivity index (χ2v) is 6.10. The first-order chi connectivity index (χ1) is 13.1. The van der Waals surface area contributed by atoms with Crippen LogP contribution in [-0.2, 0) is 6.42 Å². The summed E-state index contributed by atoms with van der Waals surface area (Å²) >= 11 is 0. The number of aliphatic hydroxyl groups excluding tert-OH is 1. The molecule has 1 heterocycles. The van der Waals surface area contributed by atoms with Crippen LogP contribution in [0.1, 0.15) is 38.7 Å². The molecule has 0 atom stereocenters. The Morgan fingerprint density at radius 3 is 2.52 bits per heavy atom. The molecule has 0 spiro atoms. The number of hydrogen-bond donors (Lipinski definition) is 4. The predicted octanol–water partition coefficient (Wildman–Crippen LogP) is 1.98. The summed E-state index contributed by atoms with van der Waals surface area (Å²) in [7, 11) is 0. The summed E-state index contributed by atoms with van der Waals surface area (Å²) in [6.07, 6.45) is 3.59. The van der Waals surface area contributed by atoms with E-state index in [0.717, 1.165) is 22.6 Å². The second-order valence-electron chi connectivity index (χ2n) is 6.10. The van der Waals surface area contributed by atoms with Gasteiger partial charge in [-0.1, -0.05) is 54.6 Å². The zero-order valence-corrected chi connectivity index (χ0v) is 14.8. The topological polar surface area (TPSA) is 100 Å². The van der Waals surface area contributed by atoms with Crippen molar-refractivity contribution in [1.82, 2.24) is 9.97 Å². The van der Waals surface area contributed by atoms with E-state index in [2.05, 4.69) is 9.97 Å². The van der Waals surface area contributed by atoms with Crippen molar-refractivity contribution in [2.45, 2.75) is 13.3 Å². The number of aryl methyl sites for hydroxylation is 1. The number of aliphatic hydroxyl groups is 1. The van der Waals surface area contributed by atoms with E-state index in [4.69, 9.17) is 10.3 Å². The summed E-state index contributed by atoms with van der Waals surface area (Å²) < 4.78 is 0. The van der Waals surface area contributed by atoms with Crippen LogP contribution in [0.15, 0.2) is 60.7 Å². The molecule has 0 aliphatic heterocycles. The summed E-state index contributed by atoms with van der Waals surface area (Å²) in [5.41, 5.74) is 3.72. The molecule has 0 unspecified atom stereocenters. The van der Waals surface area contributed by atoms with Crippen LogP contribution < -0.4 is 5.16 Å². The van der Waals surface area contributed by atoms with E-state index in [0.29, 0.717) is 17.7 Å². The van der Waals surface area contributed by atoms with Crippen molar-refractivity contribution in [2.75, 3.05) is 0 Å². The molecule has 4 N–H and O–H groups in total. The monoisotopic (exact) mass is 362 g/mol. The Balaban J connectivity index is 1.73. The summed E-state index contributed by atoms with van der Waals surface area (Å²) in [5, 5.41) is 19.3. The summed E-state index contributed by atoms with van der Waals surface area (Å²) in [5.74, 6) is 0.302. The number of imidazole rings is 1. The molecular formula is C21H20N3O3+. The molecule has 0 saturated heterocycles. The number of H-pyrrole nitrogens is 1. The van der Waals surface area contributed by atoms with Crippen molar-refractivity contribution in [2.24, 2.45) is 0 Å².